The number of aromatic nitrogens is 2. The Bertz CT molecular complexity index is 473. The predicted molar refractivity (Wildman–Crippen MR) is 55.8 cm³/mol. The van der Waals surface area contributed by atoms with Gasteiger partial charge < -0.3 is 5.73 Å². The number of pyridine rings is 1. The summed E-state index contributed by atoms with van der Waals surface area (Å²) < 4.78 is 1.80. The summed E-state index contributed by atoms with van der Waals surface area (Å²) in [6.07, 6.45) is 3.68. The summed E-state index contributed by atoms with van der Waals surface area (Å²) in [5, 5.41) is 4.15. The van der Waals surface area contributed by atoms with Gasteiger partial charge in [0.2, 0.25) is 0 Å². The molecular weight excluding hydrogens is 182 g/mol. The van der Waals surface area contributed by atoms with Gasteiger partial charge in [0.25, 0.3) is 0 Å². The van der Waals surface area contributed by atoms with E-state index in [1.807, 2.05) is 31.5 Å². The van der Waals surface area contributed by atoms with E-state index in [2.05, 4.69) is 5.10 Å². The number of hydrogen-bond donors (Lipinski definition) is 1. The number of fused-ring (bicyclic) bond motifs is 1. The topological polar surface area (TPSA) is 43.3 Å². The van der Waals surface area contributed by atoms with Gasteiger partial charge >= 0.3 is 0 Å². The molecule has 0 fully saturated rings. The van der Waals surface area contributed by atoms with Crippen LogP contribution in [0.2, 0.25) is 0 Å². The second-order valence-electron chi connectivity index (χ2n) is 2.94. The molecule has 0 aliphatic rings. The van der Waals surface area contributed by atoms with Gasteiger partial charge in [0.05, 0.1) is 11.7 Å². The van der Waals surface area contributed by atoms with Crippen molar-refractivity contribution >= 4 is 22.7 Å². The van der Waals surface area contributed by atoms with Crippen molar-refractivity contribution in [3.05, 3.63) is 35.7 Å². The molecule has 0 atom stereocenters. The number of rotatable bonds is 1. The fourth-order valence-electron chi connectivity index (χ4n) is 1.26. The molecule has 2 rings (SSSR count). The Morgan fingerprint density at radius 3 is 3.08 bits per heavy atom. The van der Waals surface area contributed by atoms with E-state index in [1.54, 1.807) is 4.52 Å². The van der Waals surface area contributed by atoms with Crippen molar-refractivity contribution in [3.8, 4) is 0 Å². The maximum Gasteiger partial charge on any atom is 0.104 e. The lowest BCUT2D eigenvalue weighted by atomic mass is 10.2. The molecule has 0 aliphatic heterocycles. The summed E-state index contributed by atoms with van der Waals surface area (Å²) in [6.45, 7) is 2.01. The summed E-state index contributed by atoms with van der Waals surface area (Å²) in [7, 11) is 0. The highest BCUT2D eigenvalue weighted by Gasteiger charge is 2.01. The molecule has 4 heteroatoms. The molecule has 2 heterocycles. The Kier molecular flexibility index (Phi) is 1.77. The summed E-state index contributed by atoms with van der Waals surface area (Å²) in [6, 6.07) is 3.81. The molecule has 2 aromatic rings. The second-order valence-corrected chi connectivity index (χ2v) is 3.38. The lowest BCUT2D eigenvalue weighted by Gasteiger charge is -1.99. The van der Waals surface area contributed by atoms with Gasteiger partial charge in [-0.1, -0.05) is 12.2 Å². The smallest absolute Gasteiger partial charge is 0.104 e. The molecule has 0 saturated heterocycles. The highest BCUT2D eigenvalue weighted by molar-refractivity contribution is 7.80. The van der Waals surface area contributed by atoms with Crippen LogP contribution < -0.4 is 5.73 Å². The van der Waals surface area contributed by atoms with Gasteiger partial charge in [0.15, 0.2) is 0 Å². The minimum Gasteiger partial charge on any atom is -0.389 e. The minimum absolute atomic E-state index is 0.420. The van der Waals surface area contributed by atoms with Crippen LogP contribution in [-0.4, -0.2) is 14.6 Å². The molecule has 2 aromatic heterocycles. The van der Waals surface area contributed by atoms with E-state index in [4.69, 9.17) is 18.0 Å². The number of nitrogens with zero attached hydrogens (tertiary/aromatic N) is 2. The molecule has 0 amide bonds. The summed E-state index contributed by atoms with van der Waals surface area (Å²) in [4.78, 5) is 0.420. The molecule has 66 valence electrons. The molecule has 13 heavy (non-hydrogen) atoms. The largest absolute Gasteiger partial charge is 0.389 e. The van der Waals surface area contributed by atoms with Crippen LogP contribution in [0.25, 0.3) is 5.52 Å². The lowest BCUT2D eigenvalue weighted by Crippen LogP contribution is -2.09. The van der Waals surface area contributed by atoms with E-state index >= 15 is 0 Å². The van der Waals surface area contributed by atoms with Crippen molar-refractivity contribution in [1.29, 1.82) is 0 Å². The van der Waals surface area contributed by atoms with Gasteiger partial charge in [-0.3, -0.25) is 0 Å². The fraction of sp³-hybridized carbons (Fsp3) is 0.111. The molecule has 0 bridgehead atoms. The zero-order valence-corrected chi connectivity index (χ0v) is 8.01. The molecule has 0 unspecified atom stereocenters. The van der Waals surface area contributed by atoms with Crippen LogP contribution in [-0.2, 0) is 0 Å². The average Bonchev–Trinajstić information content (AvgIpc) is 2.47. The van der Waals surface area contributed by atoms with Crippen LogP contribution >= 0.6 is 12.2 Å². The maximum absolute atomic E-state index is 5.53. The van der Waals surface area contributed by atoms with Crippen molar-refractivity contribution in [2.45, 2.75) is 6.92 Å². The van der Waals surface area contributed by atoms with E-state index in [9.17, 15) is 0 Å². The van der Waals surface area contributed by atoms with Gasteiger partial charge in [-0.05, 0) is 24.6 Å². The van der Waals surface area contributed by atoms with Crippen LogP contribution in [0.5, 0.6) is 0 Å². The lowest BCUT2D eigenvalue weighted by molar-refractivity contribution is 0.960. The quantitative estimate of drug-likeness (QED) is 0.690. The molecule has 2 N–H and O–H groups in total. The highest BCUT2D eigenvalue weighted by Crippen LogP contribution is 2.11. The zero-order chi connectivity index (χ0) is 9.42. The van der Waals surface area contributed by atoms with Crippen LogP contribution in [0.1, 0.15) is 11.1 Å². The molecular formula is C9H9N3S. The third-order valence-electron chi connectivity index (χ3n) is 2.00. The van der Waals surface area contributed by atoms with Crippen LogP contribution in [0, 0.1) is 6.92 Å². The van der Waals surface area contributed by atoms with E-state index in [-0.39, 0.29) is 0 Å². The van der Waals surface area contributed by atoms with Gasteiger partial charge in [-0.25, -0.2) is 4.52 Å². The summed E-state index contributed by atoms with van der Waals surface area (Å²) >= 11 is 4.89. The number of aryl methyl sites for hydroxylation is 1. The Hall–Kier alpha value is -1.42. The first-order valence-electron chi connectivity index (χ1n) is 3.92. The van der Waals surface area contributed by atoms with Crippen LogP contribution in [0.4, 0.5) is 0 Å². The molecule has 0 radical (unpaired) electrons. The average molecular weight is 191 g/mol. The Morgan fingerprint density at radius 1 is 1.62 bits per heavy atom. The second kappa shape index (κ2) is 2.81. The monoisotopic (exact) mass is 191 g/mol. The Balaban J connectivity index is 2.72. The van der Waals surface area contributed by atoms with E-state index in [1.165, 1.54) is 0 Å². The normalized spacial score (nSPS) is 10.5. The first-order valence-corrected chi connectivity index (χ1v) is 4.33. The van der Waals surface area contributed by atoms with E-state index in [0.717, 1.165) is 16.6 Å². The highest BCUT2D eigenvalue weighted by atomic mass is 32.1. The first-order chi connectivity index (χ1) is 6.18. The van der Waals surface area contributed by atoms with Crippen molar-refractivity contribution in [1.82, 2.24) is 9.61 Å². The predicted octanol–water partition coefficient (Wildman–Crippen LogP) is 1.28. The summed E-state index contributed by atoms with van der Waals surface area (Å²) in [5.74, 6) is 0. The van der Waals surface area contributed by atoms with Crippen molar-refractivity contribution in [3.63, 3.8) is 0 Å². The standard InChI is InChI=1S/C9H9N3S/c1-6-5-11-12-3-2-7(9(10)13)4-8(6)12/h2-5H,1H3,(H2,10,13). The maximum atomic E-state index is 5.53. The Morgan fingerprint density at radius 2 is 2.38 bits per heavy atom. The number of hydrogen-bond acceptors (Lipinski definition) is 2. The third kappa shape index (κ3) is 1.29. The molecule has 0 aromatic carbocycles. The van der Waals surface area contributed by atoms with E-state index < -0.39 is 0 Å². The van der Waals surface area contributed by atoms with Crippen molar-refractivity contribution in [2.75, 3.05) is 0 Å². The van der Waals surface area contributed by atoms with Crippen molar-refractivity contribution < 1.29 is 0 Å². The van der Waals surface area contributed by atoms with Crippen molar-refractivity contribution in [2.24, 2.45) is 5.73 Å². The van der Waals surface area contributed by atoms with Gasteiger partial charge in [-0.15, -0.1) is 0 Å². The molecule has 0 spiro atoms. The molecule has 3 nitrogen and oxygen atoms in total. The van der Waals surface area contributed by atoms with Gasteiger partial charge in [0, 0.05) is 11.8 Å². The SMILES string of the molecule is Cc1cnn2ccc(C(N)=S)cc12. The third-order valence-corrected chi connectivity index (χ3v) is 2.23. The number of thiocarbonyl (C=S) groups is 1. The fourth-order valence-corrected chi connectivity index (χ4v) is 1.38. The first kappa shape index (κ1) is 8.19. The summed E-state index contributed by atoms with van der Waals surface area (Å²) in [5.41, 5.74) is 8.58. The Labute approximate surface area is 81.2 Å². The van der Waals surface area contributed by atoms with E-state index in [0.29, 0.717) is 4.99 Å². The minimum atomic E-state index is 0.420. The van der Waals surface area contributed by atoms with Crippen LogP contribution in [0.15, 0.2) is 24.5 Å². The molecule has 0 aliphatic carbocycles. The number of nitrogens with two attached hydrogens (primary N) is 1. The van der Waals surface area contributed by atoms with Crippen LogP contribution in [0.3, 0.4) is 0 Å². The molecule has 0 saturated carbocycles. The zero-order valence-electron chi connectivity index (χ0n) is 7.19. The van der Waals surface area contributed by atoms with Gasteiger partial charge in [-0.2, -0.15) is 5.10 Å². The van der Waals surface area contributed by atoms with Gasteiger partial charge in [0.1, 0.15) is 4.99 Å².